The summed E-state index contributed by atoms with van der Waals surface area (Å²) in [6, 6.07) is 12.6. The minimum atomic E-state index is -0.183. The second-order valence-electron chi connectivity index (χ2n) is 4.47. The summed E-state index contributed by atoms with van der Waals surface area (Å²) in [6.07, 6.45) is 0.135. The summed E-state index contributed by atoms with van der Waals surface area (Å²) >= 11 is 9.29. The fraction of sp³-hybridized carbons (Fsp3) is 0.0667. The molecule has 0 unspecified atom stereocenters. The summed E-state index contributed by atoms with van der Waals surface area (Å²) in [6.45, 7) is 0. The van der Waals surface area contributed by atoms with Crippen molar-refractivity contribution in [3.8, 4) is 0 Å². The van der Waals surface area contributed by atoms with E-state index in [1.165, 1.54) is 0 Å². The van der Waals surface area contributed by atoms with Crippen LogP contribution < -0.4 is 5.32 Å². The highest BCUT2D eigenvalue weighted by molar-refractivity contribution is 9.10. The van der Waals surface area contributed by atoms with Gasteiger partial charge in [0.05, 0.1) is 12.1 Å². The van der Waals surface area contributed by atoms with Gasteiger partial charge in [-0.3, -0.25) is 4.79 Å². The van der Waals surface area contributed by atoms with Gasteiger partial charge in [-0.2, -0.15) is 0 Å². The van der Waals surface area contributed by atoms with Crippen LogP contribution in [0, 0.1) is 0 Å². The van der Waals surface area contributed by atoms with Crippen molar-refractivity contribution >= 4 is 50.1 Å². The Morgan fingerprint density at radius 3 is 2.95 bits per heavy atom. The standard InChI is InChI=1S/C15H10BrClN2O2/c16-11-6-5-9(17)7-13(11)18-15(20)8-12-10-3-1-2-4-14(10)21-19-12/h1-7H,8H2,(H,18,20). The molecule has 6 heteroatoms. The summed E-state index contributed by atoms with van der Waals surface area (Å²) in [5, 5.41) is 8.15. The van der Waals surface area contributed by atoms with Crippen LogP contribution in [0.3, 0.4) is 0 Å². The van der Waals surface area contributed by atoms with Gasteiger partial charge in [0.25, 0.3) is 0 Å². The Balaban J connectivity index is 1.79. The van der Waals surface area contributed by atoms with Crippen LogP contribution in [-0.4, -0.2) is 11.1 Å². The number of carbonyl (C=O) groups is 1. The molecule has 0 atom stereocenters. The molecule has 3 aromatic rings. The number of para-hydroxylation sites is 1. The van der Waals surface area contributed by atoms with Crippen LogP contribution in [0.1, 0.15) is 5.69 Å². The molecule has 0 spiro atoms. The highest BCUT2D eigenvalue weighted by Gasteiger charge is 2.13. The van der Waals surface area contributed by atoms with Crippen LogP contribution in [-0.2, 0) is 11.2 Å². The summed E-state index contributed by atoms with van der Waals surface area (Å²) < 4.78 is 5.95. The van der Waals surface area contributed by atoms with E-state index in [-0.39, 0.29) is 12.3 Å². The average molecular weight is 366 g/mol. The fourth-order valence-electron chi connectivity index (χ4n) is 2.01. The van der Waals surface area contributed by atoms with E-state index in [4.69, 9.17) is 16.1 Å². The van der Waals surface area contributed by atoms with Gasteiger partial charge in [0.2, 0.25) is 5.91 Å². The lowest BCUT2D eigenvalue weighted by molar-refractivity contribution is -0.115. The topological polar surface area (TPSA) is 55.1 Å². The van der Waals surface area contributed by atoms with E-state index in [1.807, 2.05) is 24.3 Å². The molecule has 0 fully saturated rings. The smallest absolute Gasteiger partial charge is 0.230 e. The van der Waals surface area contributed by atoms with E-state index in [1.54, 1.807) is 18.2 Å². The molecule has 0 saturated carbocycles. The number of aromatic nitrogens is 1. The van der Waals surface area contributed by atoms with Crippen molar-refractivity contribution < 1.29 is 9.32 Å². The number of anilines is 1. The van der Waals surface area contributed by atoms with E-state index < -0.39 is 0 Å². The summed E-state index contributed by atoms with van der Waals surface area (Å²) in [7, 11) is 0. The Bertz CT molecular complexity index is 816. The van der Waals surface area contributed by atoms with E-state index >= 15 is 0 Å². The highest BCUT2D eigenvalue weighted by atomic mass is 79.9. The number of hydrogen-bond acceptors (Lipinski definition) is 3. The SMILES string of the molecule is O=C(Cc1noc2ccccc12)Nc1cc(Cl)ccc1Br. The van der Waals surface area contributed by atoms with Gasteiger partial charge < -0.3 is 9.84 Å². The van der Waals surface area contributed by atoms with Gasteiger partial charge in [-0.15, -0.1) is 0 Å². The normalized spacial score (nSPS) is 10.8. The minimum Gasteiger partial charge on any atom is -0.356 e. The van der Waals surface area contributed by atoms with Gasteiger partial charge in [-0.1, -0.05) is 28.9 Å². The van der Waals surface area contributed by atoms with Gasteiger partial charge in [-0.05, 0) is 46.3 Å². The van der Waals surface area contributed by atoms with Crippen LogP contribution in [0.4, 0.5) is 5.69 Å². The maximum Gasteiger partial charge on any atom is 0.230 e. The van der Waals surface area contributed by atoms with Crippen molar-refractivity contribution in [1.82, 2.24) is 5.16 Å². The van der Waals surface area contributed by atoms with E-state index in [9.17, 15) is 4.79 Å². The van der Waals surface area contributed by atoms with E-state index in [2.05, 4.69) is 26.4 Å². The molecule has 106 valence electrons. The number of hydrogen-bond donors (Lipinski definition) is 1. The third-order valence-electron chi connectivity index (χ3n) is 2.98. The van der Waals surface area contributed by atoms with E-state index in [0.29, 0.717) is 22.0 Å². The molecule has 21 heavy (non-hydrogen) atoms. The van der Waals surface area contributed by atoms with Crippen molar-refractivity contribution in [2.75, 3.05) is 5.32 Å². The molecule has 1 heterocycles. The van der Waals surface area contributed by atoms with Crippen molar-refractivity contribution in [2.45, 2.75) is 6.42 Å². The molecule has 1 amide bonds. The molecule has 3 rings (SSSR count). The van der Waals surface area contributed by atoms with Gasteiger partial charge in [0, 0.05) is 14.9 Å². The molecule has 2 aromatic carbocycles. The third kappa shape index (κ3) is 3.09. The number of carbonyl (C=O) groups excluding carboxylic acids is 1. The zero-order valence-corrected chi connectivity index (χ0v) is 13.1. The molecule has 0 aliphatic carbocycles. The lowest BCUT2D eigenvalue weighted by Crippen LogP contribution is -2.15. The van der Waals surface area contributed by atoms with Crippen molar-refractivity contribution in [3.63, 3.8) is 0 Å². The maximum atomic E-state index is 12.1. The molecule has 0 radical (unpaired) electrons. The first kappa shape index (κ1) is 14.1. The predicted octanol–water partition coefficient (Wildman–Crippen LogP) is 4.42. The Morgan fingerprint density at radius 1 is 1.29 bits per heavy atom. The average Bonchev–Trinajstić information content (AvgIpc) is 2.86. The van der Waals surface area contributed by atoms with Crippen molar-refractivity contribution in [3.05, 3.63) is 57.7 Å². The summed E-state index contributed by atoms with van der Waals surface area (Å²) in [5.74, 6) is -0.183. The molecule has 1 aromatic heterocycles. The number of nitrogens with one attached hydrogen (secondary N) is 1. The molecular formula is C15H10BrClN2O2. The maximum absolute atomic E-state index is 12.1. The molecule has 4 nitrogen and oxygen atoms in total. The first-order valence-electron chi connectivity index (χ1n) is 6.21. The van der Waals surface area contributed by atoms with Crippen LogP contribution in [0.15, 0.2) is 51.5 Å². The first-order chi connectivity index (χ1) is 10.1. The number of benzene rings is 2. The third-order valence-corrected chi connectivity index (χ3v) is 3.91. The second kappa shape index (κ2) is 5.87. The summed E-state index contributed by atoms with van der Waals surface area (Å²) in [5.41, 5.74) is 1.91. The number of nitrogens with zero attached hydrogens (tertiary/aromatic N) is 1. The molecule has 1 N–H and O–H groups in total. The first-order valence-corrected chi connectivity index (χ1v) is 7.39. The predicted molar refractivity (Wildman–Crippen MR) is 85.5 cm³/mol. The fourth-order valence-corrected chi connectivity index (χ4v) is 2.52. The quantitative estimate of drug-likeness (QED) is 0.747. The van der Waals surface area contributed by atoms with Crippen molar-refractivity contribution in [2.24, 2.45) is 0 Å². The van der Waals surface area contributed by atoms with Crippen molar-refractivity contribution in [1.29, 1.82) is 0 Å². The number of fused-ring (bicyclic) bond motifs is 1. The van der Waals surface area contributed by atoms with Gasteiger partial charge >= 0.3 is 0 Å². The second-order valence-corrected chi connectivity index (χ2v) is 5.77. The zero-order chi connectivity index (χ0) is 14.8. The number of rotatable bonds is 3. The van der Waals surface area contributed by atoms with Crippen LogP contribution >= 0.6 is 27.5 Å². The molecule has 0 saturated heterocycles. The lowest BCUT2D eigenvalue weighted by atomic mass is 10.1. The van der Waals surface area contributed by atoms with E-state index in [0.717, 1.165) is 9.86 Å². The van der Waals surface area contributed by atoms with Gasteiger partial charge in [0.15, 0.2) is 5.58 Å². The largest absolute Gasteiger partial charge is 0.356 e. The zero-order valence-electron chi connectivity index (χ0n) is 10.8. The monoisotopic (exact) mass is 364 g/mol. The minimum absolute atomic E-state index is 0.135. The Morgan fingerprint density at radius 2 is 2.10 bits per heavy atom. The Labute approximate surface area is 134 Å². The summed E-state index contributed by atoms with van der Waals surface area (Å²) in [4.78, 5) is 12.1. The molecule has 0 bridgehead atoms. The van der Waals surface area contributed by atoms with Crippen LogP contribution in [0.25, 0.3) is 11.0 Å². The highest BCUT2D eigenvalue weighted by Crippen LogP contribution is 2.26. The van der Waals surface area contributed by atoms with Gasteiger partial charge in [0.1, 0.15) is 5.69 Å². The van der Waals surface area contributed by atoms with Crippen LogP contribution in [0.5, 0.6) is 0 Å². The Hall–Kier alpha value is -1.85. The van der Waals surface area contributed by atoms with Crippen LogP contribution in [0.2, 0.25) is 5.02 Å². The molecular weight excluding hydrogens is 356 g/mol. The van der Waals surface area contributed by atoms with Gasteiger partial charge in [-0.25, -0.2) is 0 Å². The number of halogens is 2. The number of amides is 1. The lowest BCUT2D eigenvalue weighted by Gasteiger charge is -2.07. The molecule has 0 aliphatic rings. The molecule has 0 aliphatic heterocycles. The Kier molecular flexibility index (Phi) is 3.94.